The number of para-hydroxylation sites is 2. The lowest BCUT2D eigenvalue weighted by atomic mass is 9.64. The molecule has 4 aliphatic heterocycles. The minimum atomic E-state index is -0.367. The van der Waals surface area contributed by atoms with Crippen LogP contribution in [0.5, 0.6) is 23.0 Å². The average molecular weight is 712 g/mol. The fourth-order valence-corrected chi connectivity index (χ4v) is 9.61. The summed E-state index contributed by atoms with van der Waals surface area (Å²) in [5.41, 5.74) is 9.56. The van der Waals surface area contributed by atoms with Crippen molar-refractivity contribution in [2.75, 3.05) is 19.2 Å². The largest absolute Gasteiger partial charge is 0.456 e. The van der Waals surface area contributed by atoms with Crippen LogP contribution in [0.3, 0.4) is 0 Å². The zero-order chi connectivity index (χ0) is 35.5. The second-order valence-electron chi connectivity index (χ2n) is 13.8. The summed E-state index contributed by atoms with van der Waals surface area (Å²) in [6.45, 7) is 3.40. The van der Waals surface area contributed by atoms with Gasteiger partial charge in [-0.1, -0.05) is 59.9 Å². The van der Waals surface area contributed by atoms with Crippen molar-refractivity contribution in [1.82, 2.24) is 0 Å². The first kappa shape index (κ1) is 30.4. The molecule has 4 aliphatic rings. The first-order valence-electron chi connectivity index (χ1n) is 17.5. The van der Waals surface area contributed by atoms with Gasteiger partial charge in [0.1, 0.15) is 44.6 Å². The molecule has 0 saturated heterocycles. The molecule has 11 heteroatoms. The topological polar surface area (TPSA) is 31.4 Å². The number of anilines is 8. The monoisotopic (exact) mass is 712 g/mol. The minimum absolute atomic E-state index is 0.309. The summed E-state index contributed by atoms with van der Waals surface area (Å²) in [5, 5.41) is 2.01. The van der Waals surface area contributed by atoms with Crippen LogP contribution in [0.1, 0.15) is 11.1 Å². The van der Waals surface area contributed by atoms with Crippen LogP contribution in [0.15, 0.2) is 133 Å². The van der Waals surface area contributed by atoms with Gasteiger partial charge < -0.3 is 28.7 Å². The molecule has 0 saturated carbocycles. The molecular formula is C42H28B2F2N4O2S. The number of benzene rings is 6. The number of hydrogen-bond acceptors (Lipinski definition) is 7. The van der Waals surface area contributed by atoms with Gasteiger partial charge in [0.15, 0.2) is 0 Å². The summed E-state index contributed by atoms with van der Waals surface area (Å²) in [6, 6.07) is 42.3. The lowest BCUT2D eigenvalue weighted by Crippen LogP contribution is -2.53. The zero-order valence-electron chi connectivity index (χ0n) is 28.6. The summed E-state index contributed by atoms with van der Waals surface area (Å²) in [7, 11) is 0. The highest BCUT2D eigenvalue weighted by atomic mass is 32.1. The van der Waals surface area contributed by atoms with Crippen molar-refractivity contribution in [2.45, 2.75) is 13.8 Å². The van der Waals surface area contributed by atoms with Gasteiger partial charge in [-0.3, -0.25) is 0 Å². The Balaban J connectivity index is 1.26. The van der Waals surface area contributed by atoms with Crippen molar-refractivity contribution in [3.8, 4) is 23.0 Å². The van der Waals surface area contributed by atoms with Crippen molar-refractivity contribution < 1.29 is 18.3 Å². The van der Waals surface area contributed by atoms with Crippen LogP contribution in [-0.2, 0) is 0 Å². The van der Waals surface area contributed by atoms with Crippen molar-refractivity contribution in [3.05, 3.63) is 156 Å². The molecule has 5 heterocycles. The smallest absolute Gasteiger partial charge is 0.425 e. The Bertz CT molecular complexity index is 2460. The van der Waals surface area contributed by atoms with Crippen molar-refractivity contribution in [2.24, 2.45) is 0 Å². The average Bonchev–Trinajstić information content (AvgIpc) is 3.72. The number of nitrogens with zero attached hydrogens (tertiary/aromatic N) is 4. The quantitative estimate of drug-likeness (QED) is 0.166. The Morgan fingerprint density at radius 1 is 0.472 bits per heavy atom. The first-order chi connectivity index (χ1) is 25.9. The summed E-state index contributed by atoms with van der Waals surface area (Å²) in [4.78, 5) is 9.34. The molecule has 7 aromatic rings. The fourth-order valence-electron chi connectivity index (χ4n) is 8.25. The van der Waals surface area contributed by atoms with E-state index < -0.39 is 0 Å². The van der Waals surface area contributed by atoms with Crippen LogP contribution in [-0.4, -0.2) is 14.0 Å². The molecule has 6 nitrogen and oxygen atoms in total. The SMILES string of the molecule is Cc1ccc2c(c1)Oc1ccccc1B1N2c2sc3c(c2N1c1ccc(F)cc1)N(c1ccc(F)cc1)B1c2ccccc2Oc2cc(C)ccc2N13. The maximum atomic E-state index is 14.7. The van der Waals surface area contributed by atoms with E-state index in [9.17, 15) is 8.78 Å². The molecule has 0 aliphatic carbocycles. The van der Waals surface area contributed by atoms with Gasteiger partial charge in [-0.2, -0.15) is 0 Å². The van der Waals surface area contributed by atoms with E-state index in [1.54, 1.807) is 11.3 Å². The predicted molar refractivity (Wildman–Crippen MR) is 212 cm³/mol. The predicted octanol–water partition coefficient (Wildman–Crippen LogP) is 10.2. The highest BCUT2D eigenvalue weighted by Gasteiger charge is 2.57. The Kier molecular flexibility index (Phi) is 6.41. The summed E-state index contributed by atoms with van der Waals surface area (Å²) in [6.07, 6.45) is 0. The van der Waals surface area contributed by atoms with Gasteiger partial charge in [0.25, 0.3) is 0 Å². The highest BCUT2D eigenvalue weighted by molar-refractivity contribution is 7.25. The zero-order valence-corrected chi connectivity index (χ0v) is 29.4. The molecule has 11 rings (SSSR count). The van der Waals surface area contributed by atoms with E-state index in [0.717, 1.165) is 89.2 Å². The number of hydrogen-bond donors (Lipinski definition) is 0. The van der Waals surface area contributed by atoms with E-state index in [1.807, 2.05) is 60.7 Å². The van der Waals surface area contributed by atoms with Crippen LogP contribution in [0, 0.1) is 25.5 Å². The number of halogens is 2. The molecule has 0 unspecified atom stereocenters. The third-order valence-electron chi connectivity index (χ3n) is 10.5. The summed E-state index contributed by atoms with van der Waals surface area (Å²) in [5.74, 6) is 2.40. The lowest BCUT2D eigenvalue weighted by Gasteiger charge is -2.31. The van der Waals surface area contributed by atoms with E-state index in [-0.39, 0.29) is 25.6 Å². The van der Waals surface area contributed by atoms with E-state index in [4.69, 9.17) is 9.47 Å². The van der Waals surface area contributed by atoms with E-state index in [0.29, 0.717) is 0 Å². The van der Waals surface area contributed by atoms with Crippen LogP contribution in [0.2, 0.25) is 0 Å². The standard InChI is InChI=1S/C42H28B2F2N4O2S/c1-25-11-21-33-37(23-25)51-35-9-5-3-7-31(35)43-47(29-17-13-27(45)14-18-29)39-40-42(53-41(39)49(33)43)50-34-22-12-26(2)24-38(34)52-36-10-6-4-8-32(36)44(50)48(40)30-19-15-28(46)16-20-30/h3-24H,1-2H3. The van der Waals surface area contributed by atoms with Crippen LogP contribution in [0.4, 0.5) is 52.9 Å². The van der Waals surface area contributed by atoms with Crippen molar-refractivity contribution in [3.63, 3.8) is 0 Å². The molecule has 6 aromatic carbocycles. The first-order valence-corrected chi connectivity index (χ1v) is 18.3. The molecule has 0 spiro atoms. The summed E-state index contributed by atoms with van der Waals surface area (Å²) >= 11 is 1.70. The van der Waals surface area contributed by atoms with Crippen LogP contribution >= 0.6 is 11.3 Å². The number of fused-ring (bicyclic) bond motifs is 15. The molecule has 0 fully saturated rings. The van der Waals surface area contributed by atoms with E-state index in [2.05, 4.69) is 81.6 Å². The second-order valence-corrected chi connectivity index (χ2v) is 14.8. The van der Waals surface area contributed by atoms with Gasteiger partial charge in [0.05, 0.1) is 22.7 Å². The van der Waals surface area contributed by atoms with Gasteiger partial charge >= 0.3 is 14.0 Å². The van der Waals surface area contributed by atoms with Gasteiger partial charge in [-0.25, -0.2) is 8.78 Å². The molecule has 254 valence electrons. The number of thiophene rings is 1. The Hall–Kier alpha value is -6.19. The molecule has 0 atom stereocenters. The minimum Gasteiger partial charge on any atom is -0.456 e. The van der Waals surface area contributed by atoms with Gasteiger partial charge in [-0.15, -0.1) is 0 Å². The molecule has 1 aromatic heterocycles. The van der Waals surface area contributed by atoms with Crippen LogP contribution < -0.4 is 39.6 Å². The van der Waals surface area contributed by atoms with E-state index >= 15 is 0 Å². The second kappa shape index (κ2) is 11.2. The third-order valence-corrected chi connectivity index (χ3v) is 11.7. The Morgan fingerprint density at radius 3 is 1.32 bits per heavy atom. The van der Waals surface area contributed by atoms with Crippen molar-refractivity contribution >= 4 is 80.4 Å². The maximum absolute atomic E-state index is 14.7. The highest BCUT2D eigenvalue weighted by Crippen LogP contribution is 2.67. The normalized spacial score (nSPS) is 14.5. The fraction of sp³-hybridized carbons (Fsp3) is 0.0476. The molecule has 0 amide bonds. The maximum Gasteiger partial charge on any atom is 0.425 e. The molecule has 53 heavy (non-hydrogen) atoms. The number of ether oxygens (including phenoxy) is 2. The molecular weight excluding hydrogens is 684 g/mol. The Labute approximate surface area is 309 Å². The number of rotatable bonds is 2. The van der Waals surface area contributed by atoms with Crippen molar-refractivity contribution in [1.29, 1.82) is 0 Å². The lowest BCUT2D eigenvalue weighted by molar-refractivity contribution is 0.488. The molecule has 0 radical (unpaired) electrons. The van der Waals surface area contributed by atoms with Crippen LogP contribution in [0.25, 0.3) is 0 Å². The summed E-state index contributed by atoms with van der Waals surface area (Å²) < 4.78 is 42.8. The van der Waals surface area contributed by atoms with Gasteiger partial charge in [0, 0.05) is 22.3 Å². The third kappa shape index (κ3) is 4.37. The molecule has 0 N–H and O–H groups in total. The van der Waals surface area contributed by atoms with Gasteiger partial charge in [0.2, 0.25) is 0 Å². The van der Waals surface area contributed by atoms with E-state index in [1.165, 1.54) is 24.3 Å². The Morgan fingerprint density at radius 2 is 0.887 bits per heavy atom. The number of aryl methyl sites for hydroxylation is 2. The van der Waals surface area contributed by atoms with Gasteiger partial charge in [-0.05, 0) is 110 Å². The molecule has 0 bridgehead atoms.